The number of likely N-dealkylation sites (tertiary alicyclic amines) is 1. The third-order valence-electron chi connectivity index (χ3n) is 8.38. The molecule has 3 N–H and O–H groups in total. The van der Waals surface area contributed by atoms with E-state index in [1.165, 1.54) is 31.4 Å². The summed E-state index contributed by atoms with van der Waals surface area (Å²) >= 11 is 0. The maximum atomic E-state index is 13.4. The molecule has 2 heterocycles. The number of esters is 2. The Labute approximate surface area is 263 Å². The van der Waals surface area contributed by atoms with Crippen LogP contribution in [0.25, 0.3) is 0 Å². The molecule has 12 heteroatoms. The van der Waals surface area contributed by atoms with Crippen molar-refractivity contribution in [3.63, 3.8) is 0 Å². The van der Waals surface area contributed by atoms with Gasteiger partial charge in [0.15, 0.2) is 5.79 Å². The molecule has 0 saturated carbocycles. The fraction of sp³-hybridized carbons (Fsp3) is 0.515. The predicted molar refractivity (Wildman–Crippen MR) is 166 cm³/mol. The molecule has 4 rings (SSSR count). The normalized spacial score (nSPS) is 21.7. The topological polar surface area (TPSA) is 161 Å². The number of rotatable bonds is 13. The van der Waals surface area contributed by atoms with Crippen molar-refractivity contribution in [1.82, 2.24) is 10.2 Å². The number of aliphatic hydroxyl groups is 2. The number of carbonyl (C=O) groups excluding carboxylic acids is 2. The third kappa shape index (κ3) is 8.66. The Hall–Kier alpha value is -3.84. The highest BCUT2D eigenvalue weighted by atomic mass is 16.6. The van der Waals surface area contributed by atoms with E-state index >= 15 is 0 Å². The molecular formula is C33H43N3O9. The number of hydrogen-bond donors (Lipinski definition) is 3. The van der Waals surface area contributed by atoms with Crippen LogP contribution in [0.4, 0.5) is 5.69 Å². The summed E-state index contributed by atoms with van der Waals surface area (Å²) < 4.78 is 16.4. The van der Waals surface area contributed by atoms with Crippen molar-refractivity contribution in [3.05, 3.63) is 86.3 Å². The van der Waals surface area contributed by atoms with Crippen LogP contribution in [0.1, 0.15) is 63.9 Å². The minimum absolute atomic E-state index is 0.0966. The van der Waals surface area contributed by atoms with Gasteiger partial charge in [-0.3, -0.25) is 15.0 Å². The molecular weight excluding hydrogens is 582 g/mol. The minimum atomic E-state index is -1.76. The van der Waals surface area contributed by atoms with Crippen molar-refractivity contribution in [1.29, 1.82) is 0 Å². The molecule has 2 unspecified atom stereocenters. The molecule has 2 atom stereocenters. The van der Waals surface area contributed by atoms with E-state index in [1.807, 2.05) is 12.2 Å². The molecule has 0 radical (unpaired) electrons. The number of dihydropyridines is 1. The van der Waals surface area contributed by atoms with Crippen LogP contribution in [0.5, 0.6) is 0 Å². The first-order valence-electron chi connectivity index (χ1n) is 15.4. The summed E-state index contributed by atoms with van der Waals surface area (Å²) in [7, 11) is 1.24. The molecule has 1 aromatic carbocycles. The molecule has 0 spiro atoms. The lowest BCUT2D eigenvalue weighted by Crippen LogP contribution is -2.42. The molecule has 12 nitrogen and oxygen atoms in total. The van der Waals surface area contributed by atoms with Crippen LogP contribution >= 0.6 is 0 Å². The summed E-state index contributed by atoms with van der Waals surface area (Å²) in [6, 6.07) is 6.12. The standard InChI is InChI=1S/C33H43N3O9/c1-22-28(31(37)43-3)30(25-9-6-10-26(21-25)36(41)42)29(23(2)34-22)32(38)45-20-8-19-44-18-7-17-35-16-5-4-11-27(35)24-12-14-33(39,40)15-13-24/h6,9-10,12-14,21,27,30,34,39-40H,4-5,7-8,11,15-20H2,1-3H3. The number of methoxy groups -OCH3 is 1. The Kier molecular flexibility index (Phi) is 11.7. The van der Waals surface area contributed by atoms with Crippen LogP contribution < -0.4 is 5.32 Å². The van der Waals surface area contributed by atoms with E-state index in [1.54, 1.807) is 19.9 Å². The number of nitrogens with one attached hydrogen (secondary N) is 1. The fourth-order valence-corrected chi connectivity index (χ4v) is 6.19. The lowest BCUT2D eigenvalue weighted by Gasteiger charge is -2.38. The van der Waals surface area contributed by atoms with Gasteiger partial charge >= 0.3 is 11.9 Å². The Bertz CT molecular complexity index is 1400. The average Bonchev–Trinajstić information content (AvgIpc) is 3.01. The number of benzene rings is 1. The Morgan fingerprint density at radius 2 is 1.82 bits per heavy atom. The van der Waals surface area contributed by atoms with Gasteiger partial charge in [0.05, 0.1) is 35.7 Å². The highest BCUT2D eigenvalue weighted by Crippen LogP contribution is 2.40. The molecule has 0 aromatic heterocycles. The maximum Gasteiger partial charge on any atom is 0.336 e. The van der Waals surface area contributed by atoms with E-state index in [4.69, 9.17) is 14.2 Å². The predicted octanol–water partition coefficient (Wildman–Crippen LogP) is 3.76. The number of nitro groups is 1. The number of piperidine rings is 1. The zero-order valence-electron chi connectivity index (χ0n) is 26.1. The van der Waals surface area contributed by atoms with Crippen molar-refractivity contribution >= 4 is 17.6 Å². The first-order valence-corrected chi connectivity index (χ1v) is 15.4. The molecule has 3 aliphatic rings. The van der Waals surface area contributed by atoms with E-state index < -0.39 is 28.6 Å². The van der Waals surface area contributed by atoms with E-state index in [0.717, 1.165) is 44.3 Å². The average molecular weight is 626 g/mol. The van der Waals surface area contributed by atoms with Gasteiger partial charge in [0, 0.05) is 62.2 Å². The molecule has 2 aliphatic heterocycles. The number of nitro benzene ring substituents is 1. The van der Waals surface area contributed by atoms with Crippen molar-refractivity contribution in [2.45, 2.75) is 70.1 Å². The Morgan fingerprint density at radius 3 is 2.51 bits per heavy atom. The van der Waals surface area contributed by atoms with Gasteiger partial charge < -0.3 is 29.7 Å². The van der Waals surface area contributed by atoms with Gasteiger partial charge in [0.25, 0.3) is 5.69 Å². The van der Waals surface area contributed by atoms with Crippen LogP contribution in [0.15, 0.2) is 70.6 Å². The van der Waals surface area contributed by atoms with Crippen molar-refractivity contribution in [2.24, 2.45) is 0 Å². The van der Waals surface area contributed by atoms with Crippen molar-refractivity contribution < 1.29 is 38.9 Å². The monoisotopic (exact) mass is 625 g/mol. The molecule has 45 heavy (non-hydrogen) atoms. The second kappa shape index (κ2) is 15.4. The summed E-state index contributed by atoms with van der Waals surface area (Å²) in [6.45, 7) is 6.29. The quantitative estimate of drug-likeness (QED) is 0.0963. The van der Waals surface area contributed by atoms with E-state index in [0.29, 0.717) is 36.6 Å². The zero-order valence-corrected chi connectivity index (χ0v) is 26.1. The number of hydrogen-bond acceptors (Lipinski definition) is 11. The molecule has 244 valence electrons. The zero-order chi connectivity index (χ0) is 32.6. The molecule has 1 fully saturated rings. The maximum absolute atomic E-state index is 13.4. The summed E-state index contributed by atoms with van der Waals surface area (Å²) in [5, 5.41) is 34.1. The lowest BCUT2D eigenvalue weighted by molar-refractivity contribution is -0.384. The number of nitrogens with zero attached hydrogens (tertiary/aromatic N) is 2. The van der Waals surface area contributed by atoms with E-state index in [9.17, 15) is 29.9 Å². The molecule has 1 saturated heterocycles. The lowest BCUT2D eigenvalue weighted by atomic mass is 9.80. The van der Waals surface area contributed by atoms with Crippen LogP contribution in [0.2, 0.25) is 0 Å². The second-order valence-electron chi connectivity index (χ2n) is 11.6. The van der Waals surface area contributed by atoms with Gasteiger partial charge in [-0.15, -0.1) is 0 Å². The third-order valence-corrected chi connectivity index (χ3v) is 8.38. The SMILES string of the molecule is COC(=O)C1=C(C)NC(C)=C(C(=O)OCCCOCCCN2CCCCC2C2=CCC(O)(O)C=C2)C1c1cccc([N+](=O)[O-])c1. The van der Waals surface area contributed by atoms with E-state index in [2.05, 4.69) is 10.2 Å². The van der Waals surface area contributed by atoms with E-state index in [-0.39, 0.29) is 35.9 Å². The molecule has 1 aromatic rings. The number of allylic oxidation sites excluding steroid dienone is 2. The summed E-state index contributed by atoms with van der Waals surface area (Å²) in [5.74, 6) is -3.95. The highest BCUT2D eigenvalue weighted by molar-refractivity contribution is 5.99. The molecule has 0 bridgehead atoms. The number of non-ortho nitro benzene ring substituents is 1. The largest absolute Gasteiger partial charge is 0.466 e. The summed E-state index contributed by atoms with van der Waals surface area (Å²) in [6.07, 6.45) is 10.0. The molecule has 0 amide bonds. The Balaban J connectivity index is 1.28. The first kappa shape index (κ1) is 34.0. The fourth-order valence-electron chi connectivity index (χ4n) is 6.19. The van der Waals surface area contributed by atoms with Gasteiger partial charge in [0.1, 0.15) is 0 Å². The minimum Gasteiger partial charge on any atom is -0.466 e. The molecule has 1 aliphatic carbocycles. The van der Waals surface area contributed by atoms with Crippen LogP contribution in [-0.4, -0.2) is 83.8 Å². The second-order valence-corrected chi connectivity index (χ2v) is 11.6. The smallest absolute Gasteiger partial charge is 0.336 e. The highest BCUT2D eigenvalue weighted by Gasteiger charge is 2.38. The number of carbonyl (C=O) groups is 2. The van der Waals surface area contributed by atoms with Gasteiger partial charge in [-0.2, -0.15) is 0 Å². The van der Waals surface area contributed by atoms with Gasteiger partial charge in [-0.05, 0) is 56.9 Å². The first-order chi connectivity index (χ1) is 21.5. The number of ether oxygens (including phenoxy) is 3. The Morgan fingerprint density at radius 1 is 1.09 bits per heavy atom. The van der Waals surface area contributed by atoms with Crippen molar-refractivity contribution in [2.75, 3.05) is 40.0 Å². The van der Waals surface area contributed by atoms with Gasteiger partial charge in [0.2, 0.25) is 0 Å². The van der Waals surface area contributed by atoms with Crippen LogP contribution in [0.3, 0.4) is 0 Å². The summed E-state index contributed by atoms with van der Waals surface area (Å²) in [5.41, 5.74) is 2.72. The van der Waals surface area contributed by atoms with Crippen LogP contribution in [0, 0.1) is 10.1 Å². The van der Waals surface area contributed by atoms with Crippen molar-refractivity contribution in [3.8, 4) is 0 Å². The van der Waals surface area contributed by atoms with Gasteiger partial charge in [-0.25, -0.2) is 9.59 Å². The summed E-state index contributed by atoms with van der Waals surface area (Å²) in [4.78, 5) is 39.5. The van der Waals surface area contributed by atoms with Crippen LogP contribution in [-0.2, 0) is 23.8 Å². The van der Waals surface area contributed by atoms with Gasteiger partial charge in [-0.1, -0.05) is 30.7 Å².